The van der Waals surface area contributed by atoms with Crippen LogP contribution < -0.4 is 5.73 Å². The highest BCUT2D eigenvalue weighted by molar-refractivity contribution is 5.85. The lowest BCUT2D eigenvalue weighted by Crippen LogP contribution is -2.32. The van der Waals surface area contributed by atoms with E-state index in [0.717, 1.165) is 37.8 Å². The zero-order valence-electron chi connectivity index (χ0n) is 11.2. The van der Waals surface area contributed by atoms with Gasteiger partial charge >= 0.3 is 0 Å². The summed E-state index contributed by atoms with van der Waals surface area (Å²) in [6, 6.07) is 0. The van der Waals surface area contributed by atoms with Gasteiger partial charge < -0.3 is 10.6 Å². The molecule has 2 N–H and O–H groups in total. The standard InChI is InChI=1S/C13H26N2O.ClH/c1-11(2)12-5-4-9-15(10-7-12)13(16)6-3-8-14;/h11-12H,3-10,14H2,1-2H3;1H. The Balaban J connectivity index is 0.00000256. The molecule has 1 heterocycles. The first-order chi connectivity index (χ1) is 7.65. The number of hydrogen-bond acceptors (Lipinski definition) is 2. The Morgan fingerprint density at radius 3 is 2.65 bits per heavy atom. The third kappa shape index (κ3) is 5.73. The third-order valence-electron chi connectivity index (χ3n) is 3.66. The normalized spacial score (nSPS) is 20.9. The van der Waals surface area contributed by atoms with Crippen LogP contribution in [0, 0.1) is 11.8 Å². The summed E-state index contributed by atoms with van der Waals surface area (Å²) in [6.07, 6.45) is 5.06. The van der Waals surface area contributed by atoms with E-state index >= 15 is 0 Å². The van der Waals surface area contributed by atoms with E-state index in [4.69, 9.17) is 5.73 Å². The van der Waals surface area contributed by atoms with Gasteiger partial charge in [-0.2, -0.15) is 0 Å². The second-order valence-corrected chi connectivity index (χ2v) is 5.21. The average molecular weight is 263 g/mol. The Morgan fingerprint density at radius 1 is 1.35 bits per heavy atom. The number of rotatable bonds is 4. The minimum Gasteiger partial charge on any atom is -0.343 e. The van der Waals surface area contributed by atoms with Crippen molar-refractivity contribution in [2.45, 2.75) is 46.0 Å². The first kappa shape index (κ1) is 16.7. The lowest BCUT2D eigenvalue weighted by atomic mass is 9.89. The monoisotopic (exact) mass is 262 g/mol. The molecule has 1 aliphatic heterocycles. The minimum absolute atomic E-state index is 0. The molecule has 4 heteroatoms. The van der Waals surface area contributed by atoms with Gasteiger partial charge in [-0.3, -0.25) is 4.79 Å². The second kappa shape index (κ2) is 8.76. The van der Waals surface area contributed by atoms with E-state index in [2.05, 4.69) is 13.8 Å². The Bertz CT molecular complexity index is 221. The number of nitrogens with zero attached hydrogens (tertiary/aromatic N) is 1. The van der Waals surface area contributed by atoms with Gasteiger partial charge in [-0.05, 0) is 44.1 Å². The molecule has 0 aromatic rings. The molecule has 0 aromatic carbocycles. The van der Waals surface area contributed by atoms with Crippen LogP contribution in [0.4, 0.5) is 0 Å². The van der Waals surface area contributed by atoms with E-state index < -0.39 is 0 Å². The summed E-state index contributed by atoms with van der Waals surface area (Å²) >= 11 is 0. The van der Waals surface area contributed by atoms with Crippen LogP contribution in [0.2, 0.25) is 0 Å². The quantitative estimate of drug-likeness (QED) is 0.846. The van der Waals surface area contributed by atoms with Gasteiger partial charge in [-0.25, -0.2) is 0 Å². The molecule has 1 fully saturated rings. The Labute approximate surface area is 112 Å². The van der Waals surface area contributed by atoms with E-state index in [1.54, 1.807) is 0 Å². The maximum absolute atomic E-state index is 11.9. The Morgan fingerprint density at radius 2 is 2.06 bits per heavy atom. The molecule has 0 aliphatic carbocycles. The van der Waals surface area contributed by atoms with Gasteiger partial charge in [0.05, 0.1) is 0 Å². The number of halogens is 1. The molecule has 1 aliphatic rings. The number of hydrogen-bond donors (Lipinski definition) is 1. The highest BCUT2D eigenvalue weighted by Crippen LogP contribution is 2.24. The number of amides is 1. The smallest absolute Gasteiger partial charge is 0.222 e. The van der Waals surface area contributed by atoms with Crippen LogP contribution in [0.25, 0.3) is 0 Å². The Kier molecular flexibility index (Phi) is 8.61. The highest BCUT2D eigenvalue weighted by Gasteiger charge is 2.21. The average Bonchev–Trinajstić information content (AvgIpc) is 2.51. The summed E-state index contributed by atoms with van der Waals surface area (Å²) in [6.45, 7) is 7.10. The van der Waals surface area contributed by atoms with E-state index in [0.29, 0.717) is 18.9 Å². The van der Waals surface area contributed by atoms with Crippen LogP contribution in [0.1, 0.15) is 46.0 Å². The van der Waals surface area contributed by atoms with E-state index in [9.17, 15) is 4.79 Å². The van der Waals surface area contributed by atoms with Crippen LogP contribution in [-0.4, -0.2) is 30.4 Å². The highest BCUT2D eigenvalue weighted by atomic mass is 35.5. The van der Waals surface area contributed by atoms with Crippen molar-refractivity contribution in [2.24, 2.45) is 17.6 Å². The molecular formula is C13H27ClN2O. The molecule has 0 bridgehead atoms. The fourth-order valence-corrected chi connectivity index (χ4v) is 2.45. The van der Waals surface area contributed by atoms with Gasteiger partial charge in [-0.15, -0.1) is 12.4 Å². The van der Waals surface area contributed by atoms with E-state index in [-0.39, 0.29) is 12.4 Å². The summed E-state index contributed by atoms with van der Waals surface area (Å²) in [5, 5.41) is 0. The van der Waals surface area contributed by atoms with Gasteiger partial charge in [0.25, 0.3) is 0 Å². The molecule has 1 atom stereocenters. The number of nitrogens with two attached hydrogens (primary N) is 1. The molecule has 1 saturated heterocycles. The number of likely N-dealkylation sites (tertiary alicyclic amines) is 1. The minimum atomic E-state index is 0. The van der Waals surface area contributed by atoms with Crippen molar-refractivity contribution in [1.82, 2.24) is 4.90 Å². The SMILES string of the molecule is CC(C)C1CCCN(C(=O)CCCN)CC1.Cl. The molecular weight excluding hydrogens is 236 g/mol. The van der Waals surface area contributed by atoms with Crippen molar-refractivity contribution in [1.29, 1.82) is 0 Å². The molecule has 1 unspecified atom stereocenters. The topological polar surface area (TPSA) is 46.3 Å². The van der Waals surface area contributed by atoms with Crippen molar-refractivity contribution in [3.05, 3.63) is 0 Å². The molecule has 0 spiro atoms. The molecule has 1 amide bonds. The van der Waals surface area contributed by atoms with Crippen LogP contribution in [0.5, 0.6) is 0 Å². The number of carbonyl (C=O) groups is 1. The van der Waals surface area contributed by atoms with Gasteiger partial charge in [-0.1, -0.05) is 13.8 Å². The zero-order chi connectivity index (χ0) is 12.0. The molecule has 0 saturated carbocycles. The molecule has 3 nitrogen and oxygen atoms in total. The van der Waals surface area contributed by atoms with E-state index in [1.165, 1.54) is 12.8 Å². The summed E-state index contributed by atoms with van der Waals surface area (Å²) in [5.74, 6) is 1.85. The van der Waals surface area contributed by atoms with E-state index in [1.807, 2.05) is 4.90 Å². The maximum atomic E-state index is 11.9. The maximum Gasteiger partial charge on any atom is 0.222 e. The molecule has 17 heavy (non-hydrogen) atoms. The summed E-state index contributed by atoms with van der Waals surface area (Å²) < 4.78 is 0. The van der Waals surface area contributed by atoms with Crippen molar-refractivity contribution in [2.75, 3.05) is 19.6 Å². The summed E-state index contributed by atoms with van der Waals surface area (Å²) in [5.41, 5.74) is 5.43. The Hall–Kier alpha value is -0.280. The van der Waals surface area contributed by atoms with Crippen LogP contribution in [0.3, 0.4) is 0 Å². The molecule has 102 valence electrons. The fourth-order valence-electron chi connectivity index (χ4n) is 2.45. The van der Waals surface area contributed by atoms with Crippen molar-refractivity contribution >= 4 is 18.3 Å². The first-order valence-electron chi connectivity index (χ1n) is 6.63. The summed E-state index contributed by atoms with van der Waals surface area (Å²) in [7, 11) is 0. The van der Waals surface area contributed by atoms with Crippen molar-refractivity contribution < 1.29 is 4.79 Å². The second-order valence-electron chi connectivity index (χ2n) is 5.21. The van der Waals surface area contributed by atoms with Crippen LogP contribution >= 0.6 is 12.4 Å². The first-order valence-corrected chi connectivity index (χ1v) is 6.63. The largest absolute Gasteiger partial charge is 0.343 e. The summed E-state index contributed by atoms with van der Waals surface area (Å²) in [4.78, 5) is 13.9. The van der Waals surface area contributed by atoms with Crippen molar-refractivity contribution in [3.8, 4) is 0 Å². The van der Waals surface area contributed by atoms with Gasteiger partial charge in [0.2, 0.25) is 5.91 Å². The molecule has 1 rings (SSSR count). The van der Waals surface area contributed by atoms with Crippen molar-refractivity contribution in [3.63, 3.8) is 0 Å². The van der Waals surface area contributed by atoms with Gasteiger partial charge in [0.15, 0.2) is 0 Å². The predicted molar refractivity (Wildman–Crippen MR) is 74.3 cm³/mol. The lowest BCUT2D eigenvalue weighted by Gasteiger charge is -2.21. The van der Waals surface area contributed by atoms with Gasteiger partial charge in [0, 0.05) is 19.5 Å². The van der Waals surface area contributed by atoms with Crippen LogP contribution in [-0.2, 0) is 4.79 Å². The predicted octanol–water partition coefficient (Wildman–Crippen LogP) is 2.43. The molecule has 0 radical (unpaired) electrons. The lowest BCUT2D eigenvalue weighted by molar-refractivity contribution is -0.131. The fraction of sp³-hybridized carbons (Fsp3) is 0.923. The third-order valence-corrected chi connectivity index (χ3v) is 3.66. The molecule has 0 aromatic heterocycles. The van der Waals surface area contributed by atoms with Crippen LogP contribution in [0.15, 0.2) is 0 Å². The zero-order valence-corrected chi connectivity index (χ0v) is 12.0. The van der Waals surface area contributed by atoms with Gasteiger partial charge in [0.1, 0.15) is 0 Å². The number of carbonyl (C=O) groups excluding carboxylic acids is 1.